The number of thiazole rings is 1. The summed E-state index contributed by atoms with van der Waals surface area (Å²) in [5.41, 5.74) is 1.54. The van der Waals surface area contributed by atoms with Gasteiger partial charge in [-0.2, -0.15) is 23.1 Å². The minimum Gasteiger partial charge on any atom is -0.454 e. The number of halogens is 3. The normalized spacial score (nSPS) is 23.6. The Kier molecular flexibility index (Phi) is 6.21. The number of benzene rings is 1. The van der Waals surface area contributed by atoms with Gasteiger partial charge in [-0.3, -0.25) is 0 Å². The lowest BCUT2D eigenvalue weighted by molar-refractivity contribution is -0.154. The van der Waals surface area contributed by atoms with Crippen molar-refractivity contribution < 1.29 is 33.2 Å². The van der Waals surface area contributed by atoms with E-state index in [1.54, 1.807) is 6.92 Å². The van der Waals surface area contributed by atoms with Crippen molar-refractivity contribution in [1.29, 1.82) is 0 Å². The molecule has 8 nitrogen and oxygen atoms in total. The summed E-state index contributed by atoms with van der Waals surface area (Å²) in [5.74, 6) is -0.416. The standard InChI is InChI=1S/C20H21F3N4O4S/c1-9-14(18-26-11-4-2-3-5-13(11)32-18)17(27-19(24-9)31-8-20(21,22)23)25-12-6-10(7-28)15(29)16(12)30/h2-5,10,12,15-16,28-30H,6-8H2,1H3,(H,24,25,27)/t10-,12?,15-,16+/m1/s1. The molecule has 2 aromatic heterocycles. The van der Waals surface area contributed by atoms with Crippen molar-refractivity contribution in [1.82, 2.24) is 15.0 Å². The first kappa shape index (κ1) is 22.6. The number of rotatable bonds is 6. The summed E-state index contributed by atoms with van der Waals surface area (Å²) in [7, 11) is 0. The van der Waals surface area contributed by atoms with Gasteiger partial charge in [0.2, 0.25) is 0 Å². The van der Waals surface area contributed by atoms with E-state index >= 15 is 0 Å². The van der Waals surface area contributed by atoms with Crippen LogP contribution in [0.5, 0.6) is 6.01 Å². The van der Waals surface area contributed by atoms with Crippen LogP contribution in [-0.4, -0.2) is 67.9 Å². The van der Waals surface area contributed by atoms with Crippen molar-refractivity contribution in [2.24, 2.45) is 5.92 Å². The Bertz CT molecular complexity index is 1080. The second kappa shape index (κ2) is 8.77. The molecule has 1 aliphatic carbocycles. The molecule has 0 saturated heterocycles. The van der Waals surface area contributed by atoms with Crippen molar-refractivity contribution in [2.45, 2.75) is 37.8 Å². The molecular formula is C20H21F3N4O4S. The van der Waals surface area contributed by atoms with Crippen molar-refractivity contribution in [3.05, 3.63) is 30.0 Å². The fourth-order valence-corrected chi connectivity index (χ4v) is 4.79. The van der Waals surface area contributed by atoms with E-state index in [0.29, 0.717) is 16.3 Å². The Morgan fingerprint density at radius 3 is 2.56 bits per heavy atom. The monoisotopic (exact) mass is 470 g/mol. The summed E-state index contributed by atoms with van der Waals surface area (Å²) in [6.45, 7) is -0.265. The molecular weight excluding hydrogens is 449 g/mol. The minimum atomic E-state index is -4.56. The maximum absolute atomic E-state index is 12.6. The van der Waals surface area contributed by atoms with Gasteiger partial charge in [-0.05, 0) is 25.5 Å². The summed E-state index contributed by atoms with van der Waals surface area (Å²) in [6, 6.07) is 6.27. The van der Waals surface area contributed by atoms with E-state index in [9.17, 15) is 28.5 Å². The van der Waals surface area contributed by atoms with E-state index in [1.807, 2.05) is 24.3 Å². The molecule has 172 valence electrons. The predicted octanol–water partition coefficient (Wildman–Crippen LogP) is 2.52. The molecule has 1 unspecified atom stereocenters. The van der Waals surface area contributed by atoms with Gasteiger partial charge in [-0.25, -0.2) is 4.98 Å². The Morgan fingerprint density at radius 1 is 1.16 bits per heavy atom. The van der Waals surface area contributed by atoms with E-state index in [1.165, 1.54) is 11.3 Å². The Labute approximate surface area is 184 Å². The van der Waals surface area contributed by atoms with Gasteiger partial charge in [0.1, 0.15) is 16.9 Å². The lowest BCUT2D eigenvalue weighted by Crippen LogP contribution is -2.35. The number of para-hydroxylation sites is 1. The lowest BCUT2D eigenvalue weighted by Gasteiger charge is -2.21. The number of aryl methyl sites for hydroxylation is 1. The quantitative estimate of drug-likeness (QED) is 0.434. The summed E-state index contributed by atoms with van der Waals surface area (Å²) in [5, 5.41) is 33.5. The van der Waals surface area contributed by atoms with Crippen LogP contribution >= 0.6 is 11.3 Å². The van der Waals surface area contributed by atoms with Gasteiger partial charge >= 0.3 is 12.2 Å². The number of alkyl halides is 3. The number of hydrogen-bond donors (Lipinski definition) is 4. The fraction of sp³-hybridized carbons (Fsp3) is 0.450. The van der Waals surface area contributed by atoms with Crippen molar-refractivity contribution in [3.63, 3.8) is 0 Å². The average molecular weight is 470 g/mol. The van der Waals surface area contributed by atoms with E-state index in [4.69, 9.17) is 4.74 Å². The van der Waals surface area contributed by atoms with Gasteiger partial charge in [-0.1, -0.05) is 12.1 Å². The number of fused-ring (bicyclic) bond motifs is 1. The smallest absolute Gasteiger partial charge is 0.422 e. The molecule has 1 fully saturated rings. The number of aliphatic hydroxyl groups excluding tert-OH is 3. The highest BCUT2D eigenvalue weighted by molar-refractivity contribution is 7.21. The van der Waals surface area contributed by atoms with Crippen LogP contribution in [0.3, 0.4) is 0 Å². The number of nitrogens with one attached hydrogen (secondary N) is 1. The molecule has 1 aromatic carbocycles. The lowest BCUT2D eigenvalue weighted by atomic mass is 10.1. The van der Waals surface area contributed by atoms with Gasteiger partial charge < -0.3 is 25.4 Å². The number of aliphatic hydroxyl groups is 3. The number of ether oxygens (including phenoxy) is 1. The average Bonchev–Trinajstić information content (AvgIpc) is 3.27. The number of aromatic nitrogens is 3. The molecule has 0 aliphatic heterocycles. The van der Waals surface area contributed by atoms with Crippen molar-refractivity contribution in [2.75, 3.05) is 18.5 Å². The summed E-state index contributed by atoms with van der Waals surface area (Å²) in [6.07, 6.45) is -6.67. The van der Waals surface area contributed by atoms with Gasteiger partial charge in [0, 0.05) is 12.5 Å². The molecule has 3 aromatic rings. The largest absolute Gasteiger partial charge is 0.454 e. The Hall–Kier alpha value is -2.54. The van der Waals surface area contributed by atoms with Crippen LogP contribution in [0.25, 0.3) is 20.8 Å². The zero-order valence-corrected chi connectivity index (χ0v) is 17.7. The van der Waals surface area contributed by atoms with Crippen LogP contribution in [0.15, 0.2) is 24.3 Å². The Morgan fingerprint density at radius 2 is 1.91 bits per heavy atom. The van der Waals surface area contributed by atoms with Crippen molar-refractivity contribution in [3.8, 4) is 16.6 Å². The summed E-state index contributed by atoms with van der Waals surface area (Å²) >= 11 is 1.36. The van der Waals surface area contributed by atoms with E-state index in [2.05, 4.69) is 20.3 Å². The van der Waals surface area contributed by atoms with Crippen LogP contribution in [0, 0.1) is 12.8 Å². The zero-order chi connectivity index (χ0) is 23.0. The Balaban J connectivity index is 1.74. The first-order chi connectivity index (χ1) is 15.2. The van der Waals surface area contributed by atoms with Gasteiger partial charge in [0.25, 0.3) is 0 Å². The first-order valence-electron chi connectivity index (χ1n) is 9.84. The summed E-state index contributed by atoms with van der Waals surface area (Å²) in [4.78, 5) is 12.8. The van der Waals surface area contributed by atoms with Gasteiger partial charge in [0.05, 0.1) is 33.6 Å². The predicted molar refractivity (Wildman–Crippen MR) is 112 cm³/mol. The highest BCUT2D eigenvalue weighted by Gasteiger charge is 2.41. The van der Waals surface area contributed by atoms with E-state index < -0.39 is 43.0 Å². The van der Waals surface area contributed by atoms with Crippen molar-refractivity contribution >= 4 is 27.4 Å². The van der Waals surface area contributed by atoms with E-state index in [-0.39, 0.29) is 18.8 Å². The highest BCUT2D eigenvalue weighted by atomic mass is 32.1. The molecule has 4 N–H and O–H groups in total. The maximum Gasteiger partial charge on any atom is 0.422 e. The minimum absolute atomic E-state index is 0.128. The SMILES string of the molecule is Cc1nc(OCC(F)(F)F)nc(NC2C[C@H](CO)[C@@H](O)[C@H]2O)c1-c1nc2ccccc2s1. The molecule has 32 heavy (non-hydrogen) atoms. The molecule has 0 radical (unpaired) electrons. The zero-order valence-electron chi connectivity index (χ0n) is 16.9. The molecule has 0 bridgehead atoms. The third kappa shape index (κ3) is 4.63. The second-order valence-electron chi connectivity index (χ2n) is 7.62. The molecule has 1 aliphatic rings. The topological polar surface area (TPSA) is 121 Å². The summed E-state index contributed by atoms with van der Waals surface area (Å²) < 4.78 is 43.5. The molecule has 0 amide bonds. The van der Waals surface area contributed by atoms with Crippen LogP contribution in [-0.2, 0) is 0 Å². The fourth-order valence-electron chi connectivity index (χ4n) is 3.72. The molecule has 4 rings (SSSR count). The molecule has 12 heteroatoms. The molecule has 1 saturated carbocycles. The molecule has 2 heterocycles. The molecule has 0 spiro atoms. The third-order valence-corrected chi connectivity index (χ3v) is 6.35. The maximum atomic E-state index is 12.6. The number of nitrogens with zero attached hydrogens (tertiary/aromatic N) is 3. The third-order valence-electron chi connectivity index (χ3n) is 5.30. The number of anilines is 1. The van der Waals surface area contributed by atoms with Crippen LogP contribution in [0.1, 0.15) is 12.1 Å². The van der Waals surface area contributed by atoms with Crippen LogP contribution in [0.4, 0.5) is 19.0 Å². The van der Waals surface area contributed by atoms with Crippen LogP contribution in [0.2, 0.25) is 0 Å². The van der Waals surface area contributed by atoms with Gasteiger partial charge in [-0.15, -0.1) is 11.3 Å². The van der Waals surface area contributed by atoms with Crippen LogP contribution < -0.4 is 10.1 Å². The first-order valence-corrected chi connectivity index (χ1v) is 10.7. The second-order valence-corrected chi connectivity index (χ2v) is 8.65. The molecule has 4 atom stereocenters. The highest BCUT2D eigenvalue weighted by Crippen LogP contribution is 2.38. The van der Waals surface area contributed by atoms with Gasteiger partial charge in [0.15, 0.2) is 6.61 Å². The number of hydrogen-bond acceptors (Lipinski definition) is 9. The van der Waals surface area contributed by atoms with E-state index in [0.717, 1.165) is 10.2 Å².